The maximum atomic E-state index is 12.5. The number of carbonyl (C=O) groups excluding carboxylic acids is 1. The zero-order valence-corrected chi connectivity index (χ0v) is 16.7. The Kier molecular flexibility index (Phi) is 6.60. The lowest BCUT2D eigenvalue weighted by Gasteiger charge is -2.20. The van der Waals surface area contributed by atoms with Crippen LogP contribution >= 0.6 is 12.4 Å². The Bertz CT molecular complexity index is 917. The molecule has 3 aromatic rings. The number of nitrogens with one attached hydrogen (secondary N) is 3. The number of ether oxygens (including phenoxy) is 1. The summed E-state index contributed by atoms with van der Waals surface area (Å²) in [5.74, 6) is 0.985. The lowest BCUT2D eigenvalue weighted by Crippen LogP contribution is -2.42. The van der Waals surface area contributed by atoms with E-state index in [1.54, 1.807) is 7.11 Å². The summed E-state index contributed by atoms with van der Waals surface area (Å²) in [4.78, 5) is 15.9. The summed E-state index contributed by atoms with van der Waals surface area (Å²) >= 11 is 0. The zero-order chi connectivity index (χ0) is 18.6. The van der Waals surface area contributed by atoms with Crippen molar-refractivity contribution in [3.63, 3.8) is 0 Å². The first-order valence-corrected chi connectivity index (χ1v) is 9.47. The predicted molar refractivity (Wildman–Crippen MR) is 114 cm³/mol. The summed E-state index contributed by atoms with van der Waals surface area (Å²) in [6, 6.07) is 16.3. The second-order valence-electron chi connectivity index (χ2n) is 7.01. The maximum Gasteiger partial charge on any atom is 0.237 e. The van der Waals surface area contributed by atoms with Gasteiger partial charge in [-0.25, -0.2) is 0 Å². The van der Waals surface area contributed by atoms with Gasteiger partial charge in [0.25, 0.3) is 0 Å². The van der Waals surface area contributed by atoms with Crippen LogP contribution in [0, 0.1) is 0 Å². The van der Waals surface area contributed by atoms with Crippen molar-refractivity contribution in [3.05, 3.63) is 65.9 Å². The fraction of sp³-hybridized carbons (Fsp3) is 0.318. The Labute approximate surface area is 171 Å². The summed E-state index contributed by atoms with van der Waals surface area (Å²) < 4.78 is 5.29. The first-order valence-electron chi connectivity index (χ1n) is 9.47. The molecular formula is C22H26ClN3O2. The molecule has 1 amide bonds. The molecule has 148 valence electrons. The van der Waals surface area contributed by atoms with E-state index in [0.717, 1.165) is 36.2 Å². The molecule has 0 radical (unpaired) electrons. The molecule has 1 aliphatic heterocycles. The number of hydrogen-bond donors (Lipinski definition) is 3. The van der Waals surface area contributed by atoms with Gasteiger partial charge in [0.2, 0.25) is 5.91 Å². The second kappa shape index (κ2) is 9.13. The summed E-state index contributed by atoms with van der Waals surface area (Å²) in [7, 11) is 1.67. The van der Waals surface area contributed by atoms with Crippen molar-refractivity contribution in [1.82, 2.24) is 15.6 Å². The van der Waals surface area contributed by atoms with Crippen LogP contribution in [0.15, 0.2) is 54.7 Å². The lowest BCUT2D eigenvalue weighted by atomic mass is 9.90. The number of para-hydroxylation sites is 1. The average molecular weight is 400 g/mol. The minimum absolute atomic E-state index is 0. The third-order valence-electron chi connectivity index (χ3n) is 5.37. The van der Waals surface area contributed by atoms with Gasteiger partial charge in [-0.05, 0) is 48.7 Å². The predicted octanol–water partition coefficient (Wildman–Crippen LogP) is 3.60. The van der Waals surface area contributed by atoms with Gasteiger partial charge in [0.15, 0.2) is 0 Å². The van der Waals surface area contributed by atoms with Crippen molar-refractivity contribution in [1.29, 1.82) is 0 Å². The first kappa shape index (κ1) is 20.2. The molecule has 0 spiro atoms. The average Bonchev–Trinajstić information content (AvgIpc) is 3.39. The highest BCUT2D eigenvalue weighted by molar-refractivity contribution is 5.85. The quantitative estimate of drug-likeness (QED) is 0.593. The molecule has 28 heavy (non-hydrogen) atoms. The number of fused-ring (bicyclic) bond motifs is 1. The van der Waals surface area contributed by atoms with E-state index in [9.17, 15) is 4.79 Å². The highest BCUT2D eigenvalue weighted by Crippen LogP contribution is 2.31. The molecule has 2 heterocycles. The molecule has 1 fully saturated rings. The van der Waals surface area contributed by atoms with E-state index in [0.29, 0.717) is 6.54 Å². The Morgan fingerprint density at radius 1 is 1.21 bits per heavy atom. The molecule has 1 aliphatic rings. The highest BCUT2D eigenvalue weighted by Gasteiger charge is 2.24. The molecule has 1 aromatic heterocycles. The van der Waals surface area contributed by atoms with Crippen molar-refractivity contribution in [2.75, 3.05) is 20.2 Å². The molecule has 3 N–H and O–H groups in total. The van der Waals surface area contributed by atoms with Crippen LogP contribution in [-0.4, -0.2) is 37.1 Å². The Balaban J connectivity index is 0.00000225. The largest absolute Gasteiger partial charge is 0.497 e. The number of aromatic nitrogens is 1. The summed E-state index contributed by atoms with van der Waals surface area (Å²) in [5.41, 5.74) is 3.45. The molecule has 5 nitrogen and oxygen atoms in total. The van der Waals surface area contributed by atoms with Gasteiger partial charge in [-0.2, -0.15) is 0 Å². The number of rotatable bonds is 6. The van der Waals surface area contributed by atoms with Gasteiger partial charge >= 0.3 is 0 Å². The number of methoxy groups -OCH3 is 1. The van der Waals surface area contributed by atoms with E-state index in [2.05, 4.69) is 46.1 Å². The van der Waals surface area contributed by atoms with Crippen LogP contribution in [-0.2, 0) is 4.79 Å². The molecule has 0 saturated carbocycles. The van der Waals surface area contributed by atoms with Crippen molar-refractivity contribution in [2.24, 2.45) is 0 Å². The molecule has 1 saturated heterocycles. The number of amides is 1. The topological polar surface area (TPSA) is 66.2 Å². The van der Waals surface area contributed by atoms with Crippen molar-refractivity contribution >= 4 is 29.2 Å². The number of carbonyl (C=O) groups is 1. The van der Waals surface area contributed by atoms with Gasteiger partial charge in [0.05, 0.1) is 13.2 Å². The third kappa shape index (κ3) is 4.16. The summed E-state index contributed by atoms with van der Waals surface area (Å²) in [6.07, 6.45) is 4.02. The van der Waals surface area contributed by atoms with Crippen LogP contribution in [0.4, 0.5) is 0 Å². The lowest BCUT2D eigenvalue weighted by molar-refractivity contribution is -0.122. The molecular weight excluding hydrogens is 374 g/mol. The molecule has 2 unspecified atom stereocenters. The SMILES string of the molecule is COc1ccc(C(CNC(=O)C2CCCN2)c2c[nH]c3ccccc23)cc1.Cl. The van der Waals surface area contributed by atoms with Gasteiger partial charge < -0.3 is 20.4 Å². The number of H-pyrrole nitrogens is 1. The number of hydrogen-bond acceptors (Lipinski definition) is 3. The van der Waals surface area contributed by atoms with Gasteiger partial charge in [-0.1, -0.05) is 30.3 Å². The minimum atomic E-state index is -0.0653. The van der Waals surface area contributed by atoms with Gasteiger partial charge in [0.1, 0.15) is 5.75 Å². The second-order valence-corrected chi connectivity index (χ2v) is 7.01. The molecule has 0 aliphatic carbocycles. The van der Waals surface area contributed by atoms with E-state index in [4.69, 9.17) is 4.74 Å². The molecule has 4 rings (SSSR count). The van der Waals surface area contributed by atoms with Gasteiger partial charge in [-0.3, -0.25) is 4.79 Å². The smallest absolute Gasteiger partial charge is 0.237 e. The summed E-state index contributed by atoms with van der Waals surface area (Å²) in [6.45, 7) is 1.48. The monoisotopic (exact) mass is 399 g/mol. The highest BCUT2D eigenvalue weighted by atomic mass is 35.5. The van der Waals surface area contributed by atoms with Crippen molar-refractivity contribution in [3.8, 4) is 5.75 Å². The van der Waals surface area contributed by atoms with Gasteiger partial charge in [0, 0.05) is 29.6 Å². The molecule has 2 aromatic carbocycles. The Hall–Kier alpha value is -2.50. The van der Waals surface area contributed by atoms with Crippen molar-refractivity contribution in [2.45, 2.75) is 24.8 Å². The first-order chi connectivity index (χ1) is 13.3. The fourth-order valence-electron chi connectivity index (χ4n) is 3.86. The zero-order valence-electron chi connectivity index (χ0n) is 15.9. The number of halogens is 1. The Morgan fingerprint density at radius 3 is 2.71 bits per heavy atom. The maximum absolute atomic E-state index is 12.5. The van der Waals surface area contributed by atoms with E-state index < -0.39 is 0 Å². The standard InChI is InChI=1S/C22H25N3O2.ClH/c1-27-16-10-8-15(9-11-16)18(13-25-22(26)21-7-4-12-23-21)19-14-24-20-6-3-2-5-17(19)20;/h2-3,5-6,8-11,14,18,21,23-24H,4,7,12-13H2,1H3,(H,25,26);1H. The molecule has 0 bridgehead atoms. The van der Waals surface area contributed by atoms with E-state index in [1.165, 1.54) is 10.9 Å². The van der Waals surface area contributed by atoms with Crippen LogP contribution in [0.1, 0.15) is 29.9 Å². The minimum Gasteiger partial charge on any atom is -0.497 e. The van der Waals surface area contributed by atoms with Crippen molar-refractivity contribution < 1.29 is 9.53 Å². The van der Waals surface area contributed by atoms with Crippen LogP contribution in [0.25, 0.3) is 10.9 Å². The third-order valence-corrected chi connectivity index (χ3v) is 5.37. The Morgan fingerprint density at radius 2 is 2.00 bits per heavy atom. The normalized spacial score (nSPS) is 17.1. The number of benzene rings is 2. The van der Waals surface area contributed by atoms with Crippen LogP contribution in [0.3, 0.4) is 0 Å². The summed E-state index contributed by atoms with van der Waals surface area (Å²) in [5, 5.41) is 7.61. The van der Waals surface area contributed by atoms with Crippen LogP contribution in [0.5, 0.6) is 5.75 Å². The van der Waals surface area contributed by atoms with E-state index >= 15 is 0 Å². The fourth-order valence-corrected chi connectivity index (χ4v) is 3.86. The number of aromatic amines is 1. The molecule has 2 atom stereocenters. The van der Waals surface area contributed by atoms with Crippen LogP contribution < -0.4 is 15.4 Å². The van der Waals surface area contributed by atoms with Gasteiger partial charge in [-0.15, -0.1) is 12.4 Å². The van der Waals surface area contributed by atoms with E-state index in [-0.39, 0.29) is 30.3 Å². The molecule has 6 heteroatoms. The van der Waals surface area contributed by atoms with Crippen LogP contribution in [0.2, 0.25) is 0 Å². The van der Waals surface area contributed by atoms with E-state index in [1.807, 2.05) is 24.3 Å².